The van der Waals surface area contributed by atoms with E-state index in [0.29, 0.717) is 12.8 Å². The molecule has 56 heavy (non-hydrogen) atoms. The molecule has 0 radical (unpaired) electrons. The molecule has 0 aromatic heterocycles. The van der Waals surface area contributed by atoms with E-state index < -0.39 is 61.5 Å². The van der Waals surface area contributed by atoms with Crippen LogP contribution in [0.3, 0.4) is 0 Å². The van der Waals surface area contributed by atoms with E-state index in [1.54, 1.807) is 0 Å². The second kappa shape index (κ2) is 37.2. The molecule has 1 heterocycles. The summed E-state index contributed by atoms with van der Waals surface area (Å²) in [7, 11) is 0. The van der Waals surface area contributed by atoms with Crippen molar-refractivity contribution in [2.75, 3.05) is 13.2 Å². The van der Waals surface area contributed by atoms with E-state index >= 15 is 0 Å². The Labute approximate surface area is 343 Å². The first-order chi connectivity index (χ1) is 27.3. The molecule has 1 saturated heterocycles. The summed E-state index contributed by atoms with van der Waals surface area (Å²) in [5.74, 6) is -0.580. The summed E-state index contributed by atoms with van der Waals surface area (Å²) in [5.41, 5.74) is 0. The monoisotopic (exact) mass is 802 g/mol. The molecule has 0 saturated carbocycles. The Kier molecular flexibility index (Phi) is 35.3. The van der Waals surface area contributed by atoms with E-state index in [1.165, 1.54) is 161 Å². The minimum atomic E-state index is -1.59. The number of aliphatic hydroxyl groups is 6. The predicted octanol–water partition coefficient (Wildman–Crippen LogP) is 8.92. The Morgan fingerprint density at radius 1 is 0.536 bits per heavy atom. The number of ether oxygens (including phenoxy) is 2. The third kappa shape index (κ3) is 27.0. The third-order valence-corrected chi connectivity index (χ3v) is 11.8. The number of nitrogens with one attached hydrogen (secondary N) is 1. The molecule has 8 atom stereocenters. The number of hydrogen-bond acceptors (Lipinski definition) is 9. The van der Waals surface area contributed by atoms with Crippen LogP contribution in [0.5, 0.6) is 0 Å². The summed E-state index contributed by atoms with van der Waals surface area (Å²) in [4.78, 5) is 13.1. The van der Waals surface area contributed by atoms with E-state index in [9.17, 15) is 35.4 Å². The van der Waals surface area contributed by atoms with Gasteiger partial charge in [-0.15, -0.1) is 0 Å². The summed E-state index contributed by atoms with van der Waals surface area (Å²) in [6, 6.07) is -0.887. The molecule has 8 unspecified atom stereocenters. The molecular formula is C46H91NO9. The first-order valence-corrected chi connectivity index (χ1v) is 23.8. The molecule has 1 rings (SSSR count). The van der Waals surface area contributed by atoms with E-state index in [1.807, 2.05) is 0 Å². The lowest BCUT2D eigenvalue weighted by Gasteiger charge is -2.40. The second-order valence-electron chi connectivity index (χ2n) is 17.1. The van der Waals surface area contributed by atoms with Gasteiger partial charge in [0.1, 0.15) is 30.5 Å². The summed E-state index contributed by atoms with van der Waals surface area (Å²) in [5, 5.41) is 64.8. The van der Waals surface area contributed by atoms with Gasteiger partial charge in [-0.05, 0) is 12.8 Å². The molecule has 1 aliphatic heterocycles. The van der Waals surface area contributed by atoms with Gasteiger partial charge in [0.15, 0.2) is 6.29 Å². The van der Waals surface area contributed by atoms with E-state index in [0.717, 1.165) is 38.5 Å². The number of amides is 1. The second-order valence-corrected chi connectivity index (χ2v) is 17.1. The van der Waals surface area contributed by atoms with Crippen LogP contribution >= 0.6 is 0 Å². The zero-order chi connectivity index (χ0) is 41.1. The minimum absolute atomic E-state index is 0.250. The number of carbonyl (C=O) groups is 1. The topological polar surface area (TPSA) is 169 Å². The molecule has 0 spiro atoms. The highest BCUT2D eigenvalue weighted by Gasteiger charge is 2.44. The molecular weight excluding hydrogens is 711 g/mol. The van der Waals surface area contributed by atoms with Gasteiger partial charge in [0.25, 0.3) is 0 Å². The largest absolute Gasteiger partial charge is 0.394 e. The van der Waals surface area contributed by atoms with Gasteiger partial charge in [-0.1, -0.05) is 213 Å². The molecule has 7 N–H and O–H groups in total. The smallest absolute Gasteiger partial charge is 0.249 e. The maximum atomic E-state index is 13.1. The van der Waals surface area contributed by atoms with Gasteiger partial charge in [-0.2, -0.15) is 0 Å². The van der Waals surface area contributed by atoms with Gasteiger partial charge in [-0.3, -0.25) is 4.79 Å². The SMILES string of the molecule is CCCCCCCCCCCCCCCCCCCC(O)C(=O)NC(COC1OC(CO)C(O)C(O)C1O)C(O)CCCCCCCCCCCCCCCC. The van der Waals surface area contributed by atoms with E-state index in [-0.39, 0.29) is 6.61 Å². The lowest BCUT2D eigenvalue weighted by molar-refractivity contribution is -0.302. The molecule has 1 aliphatic rings. The first kappa shape index (κ1) is 53.2. The maximum Gasteiger partial charge on any atom is 0.249 e. The van der Waals surface area contributed by atoms with Gasteiger partial charge in [-0.25, -0.2) is 0 Å². The first-order valence-electron chi connectivity index (χ1n) is 23.8. The normalized spacial score (nSPS) is 21.6. The molecule has 0 bridgehead atoms. The maximum absolute atomic E-state index is 13.1. The van der Waals surface area contributed by atoms with Crippen LogP contribution in [-0.4, -0.2) is 98.7 Å². The van der Waals surface area contributed by atoms with Crippen LogP contribution in [0, 0.1) is 0 Å². The van der Waals surface area contributed by atoms with Crippen molar-refractivity contribution in [1.82, 2.24) is 5.32 Å². The van der Waals surface area contributed by atoms with Crippen molar-refractivity contribution in [3.8, 4) is 0 Å². The van der Waals surface area contributed by atoms with Gasteiger partial charge in [0.05, 0.1) is 25.4 Å². The molecule has 1 fully saturated rings. The van der Waals surface area contributed by atoms with Crippen LogP contribution in [0.25, 0.3) is 0 Å². The van der Waals surface area contributed by atoms with E-state index in [4.69, 9.17) is 9.47 Å². The van der Waals surface area contributed by atoms with Crippen molar-refractivity contribution in [1.29, 1.82) is 0 Å². The van der Waals surface area contributed by atoms with Crippen LogP contribution in [0.15, 0.2) is 0 Å². The predicted molar refractivity (Wildman–Crippen MR) is 227 cm³/mol. The number of carbonyl (C=O) groups excluding carboxylic acids is 1. The Bertz CT molecular complexity index is 864. The molecule has 10 heteroatoms. The molecule has 0 aromatic rings. The van der Waals surface area contributed by atoms with Crippen molar-refractivity contribution >= 4 is 5.91 Å². The fraction of sp³-hybridized carbons (Fsp3) is 0.978. The highest BCUT2D eigenvalue weighted by Crippen LogP contribution is 2.23. The fourth-order valence-electron chi connectivity index (χ4n) is 7.87. The number of aliphatic hydroxyl groups excluding tert-OH is 6. The lowest BCUT2D eigenvalue weighted by atomic mass is 9.99. The molecule has 334 valence electrons. The Hall–Kier alpha value is -0.850. The van der Waals surface area contributed by atoms with Crippen molar-refractivity contribution in [2.45, 2.75) is 275 Å². The van der Waals surface area contributed by atoms with Crippen LogP contribution in [-0.2, 0) is 14.3 Å². The van der Waals surface area contributed by atoms with Gasteiger partial charge < -0.3 is 45.4 Å². The molecule has 10 nitrogen and oxygen atoms in total. The van der Waals surface area contributed by atoms with Crippen LogP contribution in [0.2, 0.25) is 0 Å². The number of rotatable bonds is 40. The minimum Gasteiger partial charge on any atom is -0.394 e. The Balaban J connectivity index is 2.36. The number of unbranched alkanes of at least 4 members (excludes halogenated alkanes) is 29. The van der Waals surface area contributed by atoms with Crippen molar-refractivity contribution in [3.05, 3.63) is 0 Å². The summed E-state index contributed by atoms with van der Waals surface area (Å²) >= 11 is 0. The zero-order valence-electron chi connectivity index (χ0n) is 36.3. The van der Waals surface area contributed by atoms with Crippen molar-refractivity contribution in [2.24, 2.45) is 0 Å². The average Bonchev–Trinajstić information content (AvgIpc) is 3.20. The zero-order valence-corrected chi connectivity index (χ0v) is 36.3. The summed E-state index contributed by atoms with van der Waals surface area (Å²) in [6.07, 6.45) is 30.0. The van der Waals surface area contributed by atoms with Gasteiger partial charge >= 0.3 is 0 Å². The lowest BCUT2D eigenvalue weighted by Crippen LogP contribution is -2.60. The van der Waals surface area contributed by atoms with Crippen LogP contribution < -0.4 is 5.32 Å². The number of hydrogen-bond donors (Lipinski definition) is 7. The average molecular weight is 802 g/mol. The van der Waals surface area contributed by atoms with Crippen molar-refractivity contribution in [3.63, 3.8) is 0 Å². The summed E-state index contributed by atoms with van der Waals surface area (Å²) < 4.78 is 11.2. The third-order valence-electron chi connectivity index (χ3n) is 11.8. The van der Waals surface area contributed by atoms with Crippen LogP contribution in [0.1, 0.15) is 226 Å². The van der Waals surface area contributed by atoms with Gasteiger partial charge in [0, 0.05) is 0 Å². The highest BCUT2D eigenvalue weighted by molar-refractivity contribution is 5.80. The van der Waals surface area contributed by atoms with Crippen molar-refractivity contribution < 1.29 is 44.9 Å². The van der Waals surface area contributed by atoms with E-state index in [2.05, 4.69) is 19.2 Å². The van der Waals surface area contributed by atoms with Crippen LogP contribution in [0.4, 0.5) is 0 Å². The fourth-order valence-corrected chi connectivity index (χ4v) is 7.87. The Morgan fingerprint density at radius 3 is 1.27 bits per heavy atom. The summed E-state index contributed by atoms with van der Waals surface area (Å²) in [6.45, 7) is 3.68. The Morgan fingerprint density at radius 2 is 0.893 bits per heavy atom. The molecule has 1 amide bonds. The van der Waals surface area contributed by atoms with Gasteiger partial charge in [0.2, 0.25) is 5.91 Å². The highest BCUT2D eigenvalue weighted by atomic mass is 16.7. The molecule has 0 aliphatic carbocycles. The quantitative estimate of drug-likeness (QED) is 0.0299. The molecule has 0 aromatic carbocycles. The standard InChI is InChI=1S/C46H91NO9/c1-3-5-7-9-11-13-15-17-19-20-21-23-25-27-29-31-33-35-40(50)45(54)47-38(37-55-46-44(53)43(52)42(51)41(36-48)56-46)39(49)34-32-30-28-26-24-22-18-16-14-12-10-8-6-4-2/h38-44,46,48-53H,3-37H2,1-2H3,(H,47,54).